The maximum atomic E-state index is 11.7. The average Bonchev–Trinajstić information content (AvgIpc) is 2.52. The number of urea groups is 1. The standard InChI is InChI=1S/C16H34N4O/c1-4-18-12-14-19(15-13-18)11-9-7-8-10-17-16(21)20(5-2)6-3/h4-15H2,1-3H3,(H,17,21). The first kappa shape index (κ1) is 18.2. The molecule has 2 amide bonds. The van der Waals surface area contributed by atoms with Gasteiger partial charge in [-0.25, -0.2) is 4.79 Å². The summed E-state index contributed by atoms with van der Waals surface area (Å²) in [4.78, 5) is 18.7. The number of hydrogen-bond donors (Lipinski definition) is 1. The summed E-state index contributed by atoms with van der Waals surface area (Å²) in [6.45, 7) is 15.9. The van der Waals surface area contributed by atoms with Crippen LogP contribution in [0.2, 0.25) is 0 Å². The summed E-state index contributed by atoms with van der Waals surface area (Å²) in [6, 6.07) is 0.0793. The molecule has 0 aromatic heterocycles. The Morgan fingerprint density at radius 3 is 2.14 bits per heavy atom. The smallest absolute Gasteiger partial charge is 0.317 e. The van der Waals surface area contributed by atoms with Crippen molar-refractivity contribution >= 4 is 6.03 Å². The van der Waals surface area contributed by atoms with E-state index in [1.807, 2.05) is 18.7 Å². The molecule has 1 aliphatic rings. The summed E-state index contributed by atoms with van der Waals surface area (Å²) in [6.07, 6.45) is 3.53. The van der Waals surface area contributed by atoms with Crippen molar-refractivity contribution in [2.45, 2.75) is 40.0 Å². The Hall–Kier alpha value is -0.810. The molecular formula is C16H34N4O. The van der Waals surface area contributed by atoms with Crippen molar-refractivity contribution in [1.29, 1.82) is 0 Å². The number of rotatable bonds is 9. The molecule has 0 bridgehead atoms. The van der Waals surface area contributed by atoms with Crippen LogP contribution in [-0.2, 0) is 0 Å². The van der Waals surface area contributed by atoms with Gasteiger partial charge in [-0.3, -0.25) is 0 Å². The number of amides is 2. The predicted molar refractivity (Wildman–Crippen MR) is 88.7 cm³/mol. The number of nitrogens with zero attached hydrogens (tertiary/aromatic N) is 3. The molecule has 1 rings (SSSR count). The molecule has 0 aliphatic carbocycles. The van der Waals surface area contributed by atoms with E-state index < -0.39 is 0 Å². The molecule has 0 aromatic carbocycles. The van der Waals surface area contributed by atoms with Gasteiger partial charge in [0.2, 0.25) is 0 Å². The Balaban J connectivity index is 1.96. The van der Waals surface area contributed by atoms with Gasteiger partial charge in [-0.05, 0) is 39.8 Å². The molecule has 1 fully saturated rings. The first-order valence-corrected chi connectivity index (χ1v) is 8.68. The number of hydrogen-bond acceptors (Lipinski definition) is 3. The van der Waals surface area contributed by atoms with Crippen LogP contribution in [0, 0.1) is 0 Å². The molecule has 1 heterocycles. The Morgan fingerprint density at radius 1 is 0.952 bits per heavy atom. The zero-order valence-corrected chi connectivity index (χ0v) is 14.2. The van der Waals surface area contributed by atoms with Gasteiger partial charge in [0.1, 0.15) is 0 Å². The average molecular weight is 298 g/mol. The van der Waals surface area contributed by atoms with Gasteiger partial charge in [0.15, 0.2) is 0 Å². The van der Waals surface area contributed by atoms with Gasteiger partial charge in [-0.15, -0.1) is 0 Å². The van der Waals surface area contributed by atoms with E-state index in [1.54, 1.807) is 0 Å². The molecule has 0 unspecified atom stereocenters. The van der Waals surface area contributed by atoms with Gasteiger partial charge in [-0.2, -0.15) is 0 Å². The molecule has 5 nitrogen and oxygen atoms in total. The van der Waals surface area contributed by atoms with E-state index >= 15 is 0 Å². The second-order valence-corrected chi connectivity index (χ2v) is 5.74. The lowest BCUT2D eigenvalue weighted by molar-refractivity contribution is 0.135. The molecule has 124 valence electrons. The third-order valence-corrected chi connectivity index (χ3v) is 4.39. The monoisotopic (exact) mass is 298 g/mol. The number of carbonyl (C=O) groups excluding carboxylic acids is 1. The molecular weight excluding hydrogens is 264 g/mol. The topological polar surface area (TPSA) is 38.8 Å². The van der Waals surface area contributed by atoms with Crippen LogP contribution in [0.15, 0.2) is 0 Å². The Bertz CT molecular complexity index is 273. The van der Waals surface area contributed by atoms with Crippen LogP contribution in [-0.4, -0.2) is 79.6 Å². The summed E-state index contributed by atoms with van der Waals surface area (Å²) >= 11 is 0. The van der Waals surface area contributed by atoms with Crippen molar-refractivity contribution in [1.82, 2.24) is 20.0 Å². The van der Waals surface area contributed by atoms with Crippen molar-refractivity contribution in [3.63, 3.8) is 0 Å². The van der Waals surface area contributed by atoms with Crippen LogP contribution in [0.4, 0.5) is 4.79 Å². The van der Waals surface area contributed by atoms with Gasteiger partial charge in [0.25, 0.3) is 0 Å². The normalized spacial score (nSPS) is 16.9. The molecule has 0 saturated carbocycles. The zero-order valence-electron chi connectivity index (χ0n) is 14.2. The molecule has 5 heteroatoms. The van der Waals surface area contributed by atoms with E-state index in [2.05, 4.69) is 22.0 Å². The van der Waals surface area contributed by atoms with Gasteiger partial charge in [0, 0.05) is 45.8 Å². The molecule has 1 saturated heterocycles. The largest absolute Gasteiger partial charge is 0.338 e. The fraction of sp³-hybridized carbons (Fsp3) is 0.938. The van der Waals surface area contributed by atoms with Crippen molar-refractivity contribution < 1.29 is 4.79 Å². The van der Waals surface area contributed by atoms with E-state index in [0.717, 1.165) is 26.1 Å². The van der Waals surface area contributed by atoms with Crippen LogP contribution in [0.1, 0.15) is 40.0 Å². The quantitative estimate of drug-likeness (QED) is 0.660. The van der Waals surface area contributed by atoms with Crippen LogP contribution in [0.25, 0.3) is 0 Å². The SMILES string of the molecule is CCN1CCN(CCCCCNC(=O)N(CC)CC)CC1. The molecule has 1 aliphatic heterocycles. The van der Waals surface area contributed by atoms with E-state index in [1.165, 1.54) is 52.1 Å². The number of likely N-dealkylation sites (N-methyl/N-ethyl adjacent to an activating group) is 1. The van der Waals surface area contributed by atoms with Crippen LogP contribution >= 0.6 is 0 Å². The lowest BCUT2D eigenvalue weighted by atomic mass is 10.2. The lowest BCUT2D eigenvalue weighted by Crippen LogP contribution is -2.46. The summed E-state index contributed by atoms with van der Waals surface area (Å²) in [5.41, 5.74) is 0. The molecule has 1 N–H and O–H groups in total. The van der Waals surface area contributed by atoms with Crippen molar-refractivity contribution in [3.05, 3.63) is 0 Å². The molecule has 21 heavy (non-hydrogen) atoms. The first-order valence-electron chi connectivity index (χ1n) is 8.68. The molecule has 0 spiro atoms. The highest BCUT2D eigenvalue weighted by Crippen LogP contribution is 2.04. The molecule has 0 aromatic rings. The van der Waals surface area contributed by atoms with E-state index in [-0.39, 0.29) is 6.03 Å². The molecule has 0 radical (unpaired) electrons. The van der Waals surface area contributed by atoms with Gasteiger partial charge >= 0.3 is 6.03 Å². The van der Waals surface area contributed by atoms with Crippen LogP contribution in [0.3, 0.4) is 0 Å². The lowest BCUT2D eigenvalue weighted by Gasteiger charge is -2.34. The van der Waals surface area contributed by atoms with Gasteiger partial charge in [-0.1, -0.05) is 13.3 Å². The minimum Gasteiger partial charge on any atom is -0.338 e. The highest BCUT2D eigenvalue weighted by Gasteiger charge is 2.14. The van der Waals surface area contributed by atoms with Crippen LogP contribution in [0.5, 0.6) is 0 Å². The van der Waals surface area contributed by atoms with Crippen molar-refractivity contribution in [2.24, 2.45) is 0 Å². The number of nitrogens with one attached hydrogen (secondary N) is 1. The number of unbranched alkanes of at least 4 members (excludes halogenated alkanes) is 2. The first-order chi connectivity index (χ1) is 10.2. The molecule has 0 atom stereocenters. The summed E-state index contributed by atoms with van der Waals surface area (Å²) < 4.78 is 0. The Morgan fingerprint density at radius 2 is 1.57 bits per heavy atom. The highest BCUT2D eigenvalue weighted by molar-refractivity contribution is 5.73. The summed E-state index contributed by atoms with van der Waals surface area (Å²) in [7, 11) is 0. The van der Waals surface area contributed by atoms with Gasteiger partial charge in [0.05, 0.1) is 0 Å². The fourth-order valence-corrected chi connectivity index (χ4v) is 2.78. The maximum Gasteiger partial charge on any atom is 0.317 e. The van der Waals surface area contributed by atoms with E-state index in [9.17, 15) is 4.79 Å². The van der Waals surface area contributed by atoms with E-state index in [4.69, 9.17) is 0 Å². The summed E-state index contributed by atoms with van der Waals surface area (Å²) in [5.74, 6) is 0. The maximum absolute atomic E-state index is 11.7. The van der Waals surface area contributed by atoms with E-state index in [0.29, 0.717) is 0 Å². The van der Waals surface area contributed by atoms with Crippen molar-refractivity contribution in [3.8, 4) is 0 Å². The van der Waals surface area contributed by atoms with Gasteiger partial charge < -0.3 is 20.0 Å². The minimum absolute atomic E-state index is 0.0793. The predicted octanol–water partition coefficient (Wildman–Crippen LogP) is 1.85. The highest BCUT2D eigenvalue weighted by atomic mass is 16.2. The Kier molecular flexibility index (Phi) is 9.42. The van der Waals surface area contributed by atoms with Crippen LogP contribution < -0.4 is 5.32 Å². The number of piperazine rings is 1. The van der Waals surface area contributed by atoms with Crippen molar-refractivity contribution in [2.75, 3.05) is 58.9 Å². The Labute approximate surface area is 130 Å². The third kappa shape index (κ3) is 7.14. The zero-order chi connectivity index (χ0) is 15.5. The fourth-order valence-electron chi connectivity index (χ4n) is 2.78. The third-order valence-electron chi connectivity index (χ3n) is 4.39. The second kappa shape index (κ2) is 10.9. The summed E-state index contributed by atoms with van der Waals surface area (Å²) in [5, 5.41) is 3.00. The minimum atomic E-state index is 0.0793. The second-order valence-electron chi connectivity index (χ2n) is 5.74. The number of carbonyl (C=O) groups is 1.